The van der Waals surface area contributed by atoms with Crippen molar-refractivity contribution >= 4 is 23.8 Å². The van der Waals surface area contributed by atoms with Gasteiger partial charge in [-0.05, 0) is 36.8 Å². The summed E-state index contributed by atoms with van der Waals surface area (Å²) < 4.78 is 9.81. The van der Waals surface area contributed by atoms with E-state index in [4.69, 9.17) is 4.74 Å². The summed E-state index contributed by atoms with van der Waals surface area (Å²) in [5, 5.41) is 0. The number of benzene rings is 2. The molecule has 5 nitrogen and oxygen atoms in total. The lowest BCUT2D eigenvalue weighted by Crippen LogP contribution is -2.09. The van der Waals surface area contributed by atoms with Gasteiger partial charge in [0.25, 0.3) is 0 Å². The summed E-state index contributed by atoms with van der Waals surface area (Å²) in [4.78, 5) is 35.2. The van der Waals surface area contributed by atoms with Gasteiger partial charge in [-0.1, -0.05) is 30.3 Å². The van der Waals surface area contributed by atoms with E-state index in [-0.39, 0.29) is 22.7 Å². The van der Waals surface area contributed by atoms with E-state index < -0.39 is 11.9 Å². The Labute approximate surface area is 139 Å². The van der Waals surface area contributed by atoms with Crippen LogP contribution in [0.1, 0.15) is 33.2 Å². The van der Waals surface area contributed by atoms with Gasteiger partial charge in [0.05, 0.1) is 18.2 Å². The van der Waals surface area contributed by atoms with Crippen molar-refractivity contribution in [3.63, 3.8) is 0 Å². The Morgan fingerprint density at radius 1 is 1.00 bits per heavy atom. The van der Waals surface area contributed by atoms with E-state index in [1.54, 1.807) is 6.08 Å². The molecule has 0 unspecified atom stereocenters. The highest BCUT2D eigenvalue weighted by Crippen LogP contribution is 2.22. The molecule has 2 aromatic rings. The minimum Gasteiger partial charge on any atom is -0.465 e. The van der Waals surface area contributed by atoms with Crippen molar-refractivity contribution in [2.45, 2.75) is 6.92 Å². The second-order valence-electron chi connectivity index (χ2n) is 4.92. The molecule has 0 fully saturated rings. The van der Waals surface area contributed by atoms with E-state index in [1.165, 1.54) is 38.3 Å². The molecule has 0 aliphatic carbocycles. The van der Waals surface area contributed by atoms with Crippen LogP contribution in [-0.2, 0) is 9.53 Å². The summed E-state index contributed by atoms with van der Waals surface area (Å²) in [6, 6.07) is 13.4. The zero-order valence-corrected chi connectivity index (χ0v) is 13.3. The number of esters is 2. The van der Waals surface area contributed by atoms with Gasteiger partial charge in [-0.2, -0.15) is 0 Å². The van der Waals surface area contributed by atoms with E-state index in [1.807, 2.05) is 30.3 Å². The minimum atomic E-state index is -0.618. The molecular weight excluding hydrogens is 308 g/mol. The zero-order chi connectivity index (χ0) is 17.5. The maximum atomic E-state index is 11.9. The highest BCUT2D eigenvalue weighted by molar-refractivity contribution is 6.01. The molecule has 0 N–H and O–H groups in total. The summed E-state index contributed by atoms with van der Waals surface area (Å²) >= 11 is 0. The normalized spacial score (nSPS) is 10.4. The van der Waals surface area contributed by atoms with Crippen LogP contribution in [0.2, 0.25) is 0 Å². The monoisotopic (exact) mass is 324 g/mol. The Bertz CT molecular complexity index is 791. The second-order valence-corrected chi connectivity index (χ2v) is 4.92. The van der Waals surface area contributed by atoms with Crippen molar-refractivity contribution in [2.24, 2.45) is 0 Å². The Kier molecular flexibility index (Phi) is 5.63. The molecule has 0 bridgehead atoms. The summed E-state index contributed by atoms with van der Waals surface area (Å²) in [6.07, 6.45) is 2.88. The Morgan fingerprint density at radius 3 is 2.33 bits per heavy atom. The topological polar surface area (TPSA) is 69.7 Å². The molecule has 122 valence electrons. The van der Waals surface area contributed by atoms with Crippen molar-refractivity contribution in [1.82, 2.24) is 0 Å². The van der Waals surface area contributed by atoms with E-state index >= 15 is 0 Å². The molecule has 0 saturated carbocycles. The van der Waals surface area contributed by atoms with Gasteiger partial charge < -0.3 is 9.47 Å². The van der Waals surface area contributed by atoms with Crippen LogP contribution < -0.4 is 4.74 Å². The molecule has 0 amide bonds. The number of carbonyl (C=O) groups is 3. The van der Waals surface area contributed by atoms with Gasteiger partial charge >= 0.3 is 11.9 Å². The number of ether oxygens (including phenoxy) is 2. The fourth-order valence-corrected chi connectivity index (χ4v) is 2.01. The van der Waals surface area contributed by atoms with Gasteiger partial charge in [-0.3, -0.25) is 4.79 Å². The van der Waals surface area contributed by atoms with Crippen molar-refractivity contribution in [1.29, 1.82) is 0 Å². The zero-order valence-electron chi connectivity index (χ0n) is 13.3. The third-order valence-electron chi connectivity index (χ3n) is 3.20. The van der Waals surface area contributed by atoms with E-state index in [0.717, 1.165) is 5.56 Å². The van der Waals surface area contributed by atoms with Crippen LogP contribution in [-0.4, -0.2) is 24.8 Å². The van der Waals surface area contributed by atoms with Crippen LogP contribution >= 0.6 is 0 Å². The fourth-order valence-electron chi connectivity index (χ4n) is 2.01. The van der Waals surface area contributed by atoms with Gasteiger partial charge in [-0.25, -0.2) is 9.59 Å². The fraction of sp³-hybridized carbons (Fsp3) is 0.105. The van der Waals surface area contributed by atoms with Gasteiger partial charge in [-0.15, -0.1) is 0 Å². The molecule has 2 aromatic carbocycles. The van der Waals surface area contributed by atoms with Crippen LogP contribution in [0.3, 0.4) is 0 Å². The lowest BCUT2D eigenvalue weighted by Gasteiger charge is -2.08. The molecule has 0 heterocycles. The number of hydrogen-bond acceptors (Lipinski definition) is 5. The van der Waals surface area contributed by atoms with Crippen molar-refractivity contribution in [2.75, 3.05) is 7.11 Å². The Balaban J connectivity index is 2.19. The maximum absolute atomic E-state index is 11.9. The average Bonchev–Trinajstić information content (AvgIpc) is 2.60. The predicted octanol–water partition coefficient (Wildman–Crippen LogP) is 3.29. The minimum absolute atomic E-state index is 0.0952. The number of methoxy groups -OCH3 is 1. The van der Waals surface area contributed by atoms with Crippen LogP contribution in [0.25, 0.3) is 6.08 Å². The molecule has 2 rings (SSSR count). The highest BCUT2D eigenvalue weighted by atomic mass is 16.5. The SMILES string of the molecule is COC(=O)c1ccc(OC(=O)/C=C/c2ccccc2)c(C(C)=O)c1. The molecule has 0 aromatic heterocycles. The first-order valence-electron chi connectivity index (χ1n) is 7.19. The number of ketones is 1. The molecule has 0 aliphatic heterocycles. The largest absolute Gasteiger partial charge is 0.465 e. The highest BCUT2D eigenvalue weighted by Gasteiger charge is 2.15. The molecule has 0 saturated heterocycles. The van der Waals surface area contributed by atoms with Gasteiger partial charge in [0, 0.05) is 6.08 Å². The maximum Gasteiger partial charge on any atom is 0.337 e. The quantitative estimate of drug-likeness (QED) is 0.365. The summed E-state index contributed by atoms with van der Waals surface area (Å²) in [6.45, 7) is 1.33. The molecule has 0 aliphatic rings. The van der Waals surface area contributed by atoms with Crippen LogP contribution in [0.4, 0.5) is 0 Å². The van der Waals surface area contributed by atoms with Gasteiger partial charge in [0.15, 0.2) is 5.78 Å². The average molecular weight is 324 g/mol. The number of hydrogen-bond donors (Lipinski definition) is 0. The first-order chi connectivity index (χ1) is 11.5. The molecule has 0 radical (unpaired) electrons. The third-order valence-corrected chi connectivity index (χ3v) is 3.20. The summed E-state index contributed by atoms with van der Waals surface area (Å²) in [7, 11) is 1.25. The number of rotatable bonds is 5. The van der Waals surface area contributed by atoms with E-state index in [0.29, 0.717) is 0 Å². The molecule has 24 heavy (non-hydrogen) atoms. The standard InChI is InChI=1S/C19H16O5/c1-13(20)16-12-15(19(22)23-2)9-10-17(16)24-18(21)11-8-14-6-4-3-5-7-14/h3-12H,1-2H3/b11-8+. The second kappa shape index (κ2) is 7.87. The van der Waals surface area contributed by atoms with Crippen LogP contribution in [0, 0.1) is 0 Å². The lowest BCUT2D eigenvalue weighted by molar-refractivity contribution is -0.128. The van der Waals surface area contributed by atoms with E-state index in [9.17, 15) is 14.4 Å². The van der Waals surface area contributed by atoms with Crippen LogP contribution in [0.15, 0.2) is 54.6 Å². The Morgan fingerprint density at radius 2 is 1.71 bits per heavy atom. The van der Waals surface area contributed by atoms with Crippen LogP contribution in [0.5, 0.6) is 5.75 Å². The summed E-state index contributed by atoms with van der Waals surface area (Å²) in [5.41, 5.74) is 1.20. The molecule has 0 spiro atoms. The van der Waals surface area contributed by atoms with Gasteiger partial charge in [0.1, 0.15) is 5.75 Å². The molecular formula is C19H16O5. The lowest BCUT2D eigenvalue weighted by atomic mass is 10.1. The predicted molar refractivity (Wildman–Crippen MR) is 88.9 cm³/mol. The van der Waals surface area contributed by atoms with Gasteiger partial charge in [0.2, 0.25) is 0 Å². The number of Topliss-reactive ketones (excluding diaryl/α,β-unsaturated/α-hetero) is 1. The summed E-state index contributed by atoms with van der Waals surface area (Å²) in [5.74, 6) is -1.42. The molecule has 0 atom stereocenters. The van der Waals surface area contributed by atoms with Crippen molar-refractivity contribution in [3.8, 4) is 5.75 Å². The molecule has 5 heteroatoms. The van der Waals surface area contributed by atoms with Crippen molar-refractivity contribution in [3.05, 3.63) is 71.3 Å². The number of carbonyl (C=O) groups excluding carboxylic acids is 3. The smallest absolute Gasteiger partial charge is 0.337 e. The van der Waals surface area contributed by atoms with E-state index in [2.05, 4.69) is 4.74 Å². The first kappa shape index (κ1) is 17.1. The Hall–Kier alpha value is -3.21. The first-order valence-corrected chi connectivity index (χ1v) is 7.19. The van der Waals surface area contributed by atoms with Crippen molar-refractivity contribution < 1.29 is 23.9 Å². The third kappa shape index (κ3) is 4.39.